The third-order valence-corrected chi connectivity index (χ3v) is 7.64. The van der Waals surface area contributed by atoms with E-state index in [1.54, 1.807) is 12.5 Å². The van der Waals surface area contributed by atoms with Gasteiger partial charge >= 0.3 is 5.97 Å². The summed E-state index contributed by atoms with van der Waals surface area (Å²) in [4.78, 5) is 11.5. The fourth-order valence-electron chi connectivity index (χ4n) is 6.60. The maximum atomic E-state index is 11.5. The Labute approximate surface area is 139 Å². The lowest BCUT2D eigenvalue weighted by molar-refractivity contribution is -0.155. The number of aliphatic hydroxyl groups excluding tert-OH is 1. The average Bonchev–Trinajstić information content (AvgIpc) is 2.83. The highest BCUT2D eigenvalue weighted by molar-refractivity contribution is 5.66. The van der Waals surface area contributed by atoms with E-state index in [4.69, 9.17) is 4.74 Å². The Kier molecular flexibility index (Phi) is 3.83. The van der Waals surface area contributed by atoms with Crippen LogP contribution in [0.5, 0.6) is 0 Å². The minimum absolute atomic E-state index is 0.109. The van der Waals surface area contributed by atoms with Crippen LogP contribution in [0.15, 0.2) is 11.6 Å². The monoisotopic (exact) mass is 318 g/mol. The molecule has 3 nitrogen and oxygen atoms in total. The van der Waals surface area contributed by atoms with Crippen molar-refractivity contribution in [2.45, 2.75) is 77.4 Å². The maximum Gasteiger partial charge on any atom is 0.302 e. The number of fused-ring (bicyclic) bond motifs is 5. The van der Waals surface area contributed by atoms with Crippen molar-refractivity contribution in [2.75, 3.05) is 0 Å². The maximum absolute atomic E-state index is 11.5. The molecule has 3 saturated carbocycles. The third-order valence-electron chi connectivity index (χ3n) is 7.64. The Morgan fingerprint density at radius 1 is 1.22 bits per heavy atom. The summed E-state index contributed by atoms with van der Waals surface area (Å²) in [5.74, 6) is 2.87. The van der Waals surface area contributed by atoms with E-state index in [1.165, 1.54) is 32.1 Å². The van der Waals surface area contributed by atoms with Gasteiger partial charge in [0, 0.05) is 12.3 Å². The summed E-state index contributed by atoms with van der Waals surface area (Å²) >= 11 is 0. The van der Waals surface area contributed by atoms with E-state index in [0.29, 0.717) is 5.92 Å². The Bertz CT molecular complexity index is 525. The van der Waals surface area contributed by atoms with Crippen molar-refractivity contribution in [3.8, 4) is 0 Å². The second-order valence-electron chi connectivity index (χ2n) is 8.71. The first-order valence-electron chi connectivity index (χ1n) is 9.53. The lowest BCUT2D eigenvalue weighted by Crippen LogP contribution is -2.48. The molecular formula is C20H30O3. The van der Waals surface area contributed by atoms with E-state index in [9.17, 15) is 9.90 Å². The highest BCUT2D eigenvalue weighted by Gasteiger charge is 2.57. The molecule has 0 radical (unpaired) electrons. The fraction of sp³-hybridized carbons (Fsp3) is 0.850. The van der Waals surface area contributed by atoms with Crippen molar-refractivity contribution in [1.82, 2.24) is 0 Å². The first-order chi connectivity index (χ1) is 11.0. The largest absolute Gasteiger partial charge is 0.462 e. The predicted octanol–water partition coefficient (Wildman–Crippen LogP) is 3.85. The molecule has 0 amide bonds. The Morgan fingerprint density at radius 2 is 2.04 bits per heavy atom. The summed E-state index contributed by atoms with van der Waals surface area (Å²) in [7, 11) is 0. The predicted molar refractivity (Wildman–Crippen MR) is 88.6 cm³/mol. The highest BCUT2D eigenvalue weighted by Crippen LogP contribution is 2.61. The normalized spacial score (nSPS) is 48.7. The van der Waals surface area contributed by atoms with E-state index in [1.807, 2.05) is 0 Å². The number of esters is 1. The van der Waals surface area contributed by atoms with Gasteiger partial charge in [0.25, 0.3) is 0 Å². The molecule has 128 valence electrons. The molecule has 1 N–H and O–H groups in total. The molecule has 0 heterocycles. The van der Waals surface area contributed by atoms with Crippen LogP contribution in [-0.4, -0.2) is 23.3 Å². The Morgan fingerprint density at radius 3 is 2.83 bits per heavy atom. The van der Waals surface area contributed by atoms with Gasteiger partial charge < -0.3 is 9.84 Å². The van der Waals surface area contributed by atoms with Crippen LogP contribution < -0.4 is 0 Å². The summed E-state index contributed by atoms with van der Waals surface area (Å²) < 4.78 is 5.70. The van der Waals surface area contributed by atoms with Crippen LogP contribution in [0.3, 0.4) is 0 Å². The molecule has 5 unspecified atom stereocenters. The van der Waals surface area contributed by atoms with Gasteiger partial charge in [-0.15, -0.1) is 0 Å². The molecule has 7 atom stereocenters. The number of hydrogen-bond donors (Lipinski definition) is 1. The average molecular weight is 318 g/mol. The molecule has 0 spiro atoms. The van der Waals surface area contributed by atoms with Gasteiger partial charge in [-0.05, 0) is 75.0 Å². The van der Waals surface area contributed by atoms with Gasteiger partial charge in [0.2, 0.25) is 0 Å². The first-order valence-corrected chi connectivity index (χ1v) is 9.53. The van der Waals surface area contributed by atoms with Gasteiger partial charge in [-0.2, -0.15) is 0 Å². The zero-order chi connectivity index (χ0) is 16.2. The van der Waals surface area contributed by atoms with Crippen molar-refractivity contribution >= 4 is 5.97 Å². The quantitative estimate of drug-likeness (QED) is 0.590. The molecule has 0 aromatic rings. The molecule has 0 aromatic heterocycles. The molecule has 4 rings (SSSR count). The Balaban J connectivity index is 1.57. The zero-order valence-electron chi connectivity index (χ0n) is 14.5. The minimum Gasteiger partial charge on any atom is -0.462 e. The molecule has 0 bridgehead atoms. The molecule has 3 heteroatoms. The van der Waals surface area contributed by atoms with Gasteiger partial charge in [-0.1, -0.05) is 18.6 Å². The molecular weight excluding hydrogens is 288 g/mol. The van der Waals surface area contributed by atoms with Crippen LogP contribution in [0.4, 0.5) is 0 Å². The molecule has 4 aliphatic carbocycles. The Hall–Kier alpha value is -0.830. The number of hydrogen-bond acceptors (Lipinski definition) is 3. The summed E-state index contributed by atoms with van der Waals surface area (Å²) in [5, 5.41) is 9.96. The van der Waals surface area contributed by atoms with Gasteiger partial charge in [0.1, 0.15) is 6.10 Å². The van der Waals surface area contributed by atoms with Crippen LogP contribution in [0.1, 0.15) is 65.2 Å². The molecule has 23 heavy (non-hydrogen) atoms. The summed E-state index contributed by atoms with van der Waals surface area (Å²) in [5.41, 5.74) is 1.73. The number of rotatable bonds is 1. The summed E-state index contributed by atoms with van der Waals surface area (Å²) in [6, 6.07) is 0. The second-order valence-corrected chi connectivity index (χ2v) is 8.71. The second kappa shape index (κ2) is 5.61. The number of carbonyl (C=O) groups excluding carboxylic acids is 1. The van der Waals surface area contributed by atoms with Crippen LogP contribution in [0.2, 0.25) is 0 Å². The topological polar surface area (TPSA) is 46.5 Å². The lowest BCUT2D eigenvalue weighted by atomic mass is 9.53. The number of carbonyl (C=O) groups is 1. The van der Waals surface area contributed by atoms with Crippen LogP contribution in [0.25, 0.3) is 0 Å². The minimum atomic E-state index is -0.119. The van der Waals surface area contributed by atoms with E-state index >= 15 is 0 Å². The standard InChI is InChI=1S/C20H30O3/c1-12(21)23-19-8-7-18-17-5-3-13-11-14(22)4-6-15(13)16(17)9-10-20(18,19)2/h3,14-19,22H,4-11H2,1-2H3/t14?,15-,16?,17?,18?,19?,20-/m0/s1. The van der Waals surface area contributed by atoms with Crippen LogP contribution in [-0.2, 0) is 9.53 Å². The van der Waals surface area contributed by atoms with E-state index in [0.717, 1.165) is 37.0 Å². The van der Waals surface area contributed by atoms with Gasteiger partial charge in [0.05, 0.1) is 6.10 Å². The molecule has 3 fully saturated rings. The van der Waals surface area contributed by atoms with Crippen molar-refractivity contribution in [2.24, 2.45) is 29.1 Å². The summed E-state index contributed by atoms with van der Waals surface area (Å²) in [6.07, 6.45) is 11.4. The SMILES string of the molecule is CC(=O)OC1CCC2C3CC=C4CC(O)CC[C@@H]4C3CC[C@]12C. The molecule has 0 saturated heterocycles. The highest BCUT2D eigenvalue weighted by atomic mass is 16.5. The molecule has 0 aliphatic heterocycles. The number of allylic oxidation sites excluding steroid dienone is 1. The molecule has 0 aromatic carbocycles. The van der Waals surface area contributed by atoms with Crippen LogP contribution in [0, 0.1) is 29.1 Å². The van der Waals surface area contributed by atoms with Crippen molar-refractivity contribution in [3.63, 3.8) is 0 Å². The smallest absolute Gasteiger partial charge is 0.302 e. The number of ether oxygens (including phenoxy) is 1. The van der Waals surface area contributed by atoms with E-state index in [-0.39, 0.29) is 23.6 Å². The van der Waals surface area contributed by atoms with E-state index < -0.39 is 0 Å². The first kappa shape index (κ1) is 15.7. The summed E-state index contributed by atoms with van der Waals surface area (Å²) in [6.45, 7) is 3.92. The fourth-order valence-corrected chi connectivity index (χ4v) is 6.60. The lowest BCUT2D eigenvalue weighted by Gasteiger charge is -2.53. The van der Waals surface area contributed by atoms with Crippen LogP contribution >= 0.6 is 0 Å². The van der Waals surface area contributed by atoms with Crippen molar-refractivity contribution < 1.29 is 14.6 Å². The van der Waals surface area contributed by atoms with Gasteiger partial charge in [-0.3, -0.25) is 4.79 Å². The third kappa shape index (κ3) is 2.47. The van der Waals surface area contributed by atoms with Gasteiger partial charge in [-0.25, -0.2) is 0 Å². The van der Waals surface area contributed by atoms with Crippen molar-refractivity contribution in [1.29, 1.82) is 0 Å². The van der Waals surface area contributed by atoms with E-state index in [2.05, 4.69) is 13.0 Å². The van der Waals surface area contributed by atoms with Gasteiger partial charge in [0.15, 0.2) is 0 Å². The van der Waals surface area contributed by atoms with Crippen molar-refractivity contribution in [3.05, 3.63) is 11.6 Å². The number of aliphatic hydroxyl groups is 1. The molecule has 4 aliphatic rings. The zero-order valence-corrected chi connectivity index (χ0v) is 14.5.